The van der Waals surface area contributed by atoms with Gasteiger partial charge in [-0.05, 0) is 37.1 Å². The Hall–Kier alpha value is -0.840. The second-order valence-corrected chi connectivity index (χ2v) is 10.5. The molecule has 0 fully saturated rings. The molecule has 0 unspecified atom stereocenters. The molecule has 0 N–H and O–H groups in total. The largest absolute Gasteiger partial charge is 0.287 e. The maximum atomic E-state index is 12.1. The minimum absolute atomic E-state index is 0.361. The smallest absolute Gasteiger partial charge is 0.188 e. The lowest BCUT2D eigenvalue weighted by atomic mass is 10.1. The van der Waals surface area contributed by atoms with Crippen LogP contribution < -0.4 is 0 Å². The van der Waals surface area contributed by atoms with Gasteiger partial charge in [-0.25, -0.2) is 0 Å². The minimum Gasteiger partial charge on any atom is -0.287 e. The summed E-state index contributed by atoms with van der Waals surface area (Å²) < 4.78 is 0.416. The van der Waals surface area contributed by atoms with E-state index < -0.39 is 0 Å². The number of thioether (sulfide) groups is 3. The van der Waals surface area contributed by atoms with Crippen LogP contribution in [0, 0.1) is 0 Å². The molecular weight excluding hydrogens is 388 g/mol. The molecule has 0 aliphatic rings. The third-order valence-electron chi connectivity index (χ3n) is 4.12. The van der Waals surface area contributed by atoms with Crippen LogP contribution in [0.25, 0.3) is 0 Å². The molecule has 146 valence electrons. The van der Waals surface area contributed by atoms with Gasteiger partial charge in [-0.3, -0.25) is 4.79 Å². The lowest BCUT2D eigenvalue weighted by Crippen LogP contribution is -2.02. The van der Waals surface area contributed by atoms with Crippen LogP contribution in [0.5, 0.6) is 0 Å². The van der Waals surface area contributed by atoms with Gasteiger partial charge < -0.3 is 0 Å². The molecule has 0 heterocycles. The van der Waals surface area contributed by atoms with Crippen molar-refractivity contribution in [2.24, 2.45) is 0 Å². The predicted molar refractivity (Wildman–Crippen MR) is 124 cm³/mol. The Kier molecular flexibility index (Phi) is 11.8. The van der Waals surface area contributed by atoms with Crippen LogP contribution in [0.4, 0.5) is 0 Å². The van der Waals surface area contributed by atoms with Crippen molar-refractivity contribution in [1.29, 1.82) is 0 Å². The van der Waals surface area contributed by atoms with Gasteiger partial charge in [0.05, 0.1) is 4.58 Å². The second-order valence-electron chi connectivity index (χ2n) is 6.46. The first kappa shape index (κ1) is 22.4. The van der Waals surface area contributed by atoms with E-state index in [1.54, 1.807) is 0 Å². The Balaban J connectivity index is 1.76. The van der Waals surface area contributed by atoms with E-state index in [1.807, 2.05) is 23.5 Å². The van der Waals surface area contributed by atoms with Crippen molar-refractivity contribution in [2.45, 2.75) is 66.2 Å². The molecule has 0 spiro atoms. The van der Waals surface area contributed by atoms with Crippen molar-refractivity contribution in [3.05, 3.63) is 60.7 Å². The van der Waals surface area contributed by atoms with Crippen molar-refractivity contribution in [2.75, 3.05) is 5.75 Å². The van der Waals surface area contributed by atoms with E-state index in [0.29, 0.717) is 9.70 Å². The van der Waals surface area contributed by atoms with E-state index in [-0.39, 0.29) is 0 Å². The highest BCUT2D eigenvalue weighted by Gasteiger charge is 2.14. The summed E-state index contributed by atoms with van der Waals surface area (Å²) in [6.45, 7) is 2.22. The fourth-order valence-electron chi connectivity index (χ4n) is 2.66. The molecular formula is C23H30OS3. The van der Waals surface area contributed by atoms with Crippen LogP contribution in [0.2, 0.25) is 0 Å². The van der Waals surface area contributed by atoms with Gasteiger partial charge in [0.15, 0.2) is 5.12 Å². The average molecular weight is 419 g/mol. The molecule has 0 atom stereocenters. The molecule has 0 aromatic heterocycles. The summed E-state index contributed by atoms with van der Waals surface area (Å²) in [6, 6.07) is 21.1. The van der Waals surface area contributed by atoms with E-state index in [0.717, 1.165) is 25.0 Å². The Labute approximate surface area is 177 Å². The normalized spacial score (nSPS) is 11.0. The molecule has 2 aromatic carbocycles. The molecule has 27 heavy (non-hydrogen) atoms. The number of carbonyl (C=O) groups excluding carboxylic acids is 1. The molecule has 1 nitrogen and oxygen atoms in total. The summed E-state index contributed by atoms with van der Waals surface area (Å²) in [6.07, 6.45) is 7.79. The van der Waals surface area contributed by atoms with Crippen LogP contribution in [-0.2, 0) is 4.79 Å². The molecule has 0 aliphatic carbocycles. The van der Waals surface area contributed by atoms with E-state index in [2.05, 4.69) is 67.6 Å². The van der Waals surface area contributed by atoms with Gasteiger partial charge in [-0.15, -0.1) is 23.5 Å². The molecule has 0 saturated carbocycles. The maximum absolute atomic E-state index is 12.1. The summed E-state index contributed by atoms with van der Waals surface area (Å²) in [4.78, 5) is 14.7. The predicted octanol–water partition coefficient (Wildman–Crippen LogP) is 7.91. The topological polar surface area (TPSA) is 17.1 Å². The molecule has 2 aromatic rings. The summed E-state index contributed by atoms with van der Waals surface area (Å²) >= 11 is 5.33. The number of benzene rings is 2. The third kappa shape index (κ3) is 10.3. The highest BCUT2D eigenvalue weighted by Crippen LogP contribution is 2.38. The molecule has 2 rings (SSSR count). The molecule has 0 radical (unpaired) electrons. The van der Waals surface area contributed by atoms with Crippen molar-refractivity contribution in [3.63, 3.8) is 0 Å². The SMILES string of the molecule is CCCCCCCC(=O)SCCC(Sc1ccccc1)Sc1ccccc1. The van der Waals surface area contributed by atoms with Crippen LogP contribution >= 0.6 is 35.3 Å². The van der Waals surface area contributed by atoms with E-state index in [1.165, 1.54) is 47.2 Å². The van der Waals surface area contributed by atoms with Gasteiger partial charge in [0.2, 0.25) is 0 Å². The second kappa shape index (κ2) is 14.2. The zero-order chi connectivity index (χ0) is 19.2. The lowest BCUT2D eigenvalue weighted by molar-refractivity contribution is -0.111. The number of hydrogen-bond acceptors (Lipinski definition) is 4. The van der Waals surface area contributed by atoms with Crippen LogP contribution in [0.3, 0.4) is 0 Å². The maximum Gasteiger partial charge on any atom is 0.188 e. The third-order valence-corrected chi connectivity index (χ3v) is 7.75. The first-order valence-electron chi connectivity index (χ1n) is 9.87. The van der Waals surface area contributed by atoms with Crippen molar-refractivity contribution in [3.8, 4) is 0 Å². The Morgan fingerprint density at radius 2 is 1.37 bits per heavy atom. The van der Waals surface area contributed by atoms with Gasteiger partial charge in [0.1, 0.15) is 0 Å². The molecule has 0 saturated heterocycles. The van der Waals surface area contributed by atoms with Crippen LogP contribution in [-0.4, -0.2) is 15.5 Å². The number of hydrogen-bond donors (Lipinski definition) is 0. The first-order chi connectivity index (χ1) is 13.3. The summed E-state index contributed by atoms with van der Waals surface area (Å²) in [7, 11) is 0. The number of unbranched alkanes of at least 4 members (excludes halogenated alkanes) is 4. The van der Waals surface area contributed by atoms with Crippen molar-refractivity contribution >= 4 is 40.4 Å². The monoisotopic (exact) mass is 418 g/mol. The molecule has 4 heteroatoms. The molecule has 0 amide bonds. The van der Waals surface area contributed by atoms with Gasteiger partial charge in [-0.2, -0.15) is 0 Å². The van der Waals surface area contributed by atoms with Crippen LogP contribution in [0.15, 0.2) is 70.5 Å². The van der Waals surface area contributed by atoms with Gasteiger partial charge in [-0.1, -0.05) is 80.8 Å². The highest BCUT2D eigenvalue weighted by molar-refractivity contribution is 8.17. The van der Waals surface area contributed by atoms with Gasteiger partial charge >= 0.3 is 0 Å². The highest BCUT2D eigenvalue weighted by atomic mass is 32.2. The Morgan fingerprint density at radius 3 is 1.93 bits per heavy atom. The number of carbonyl (C=O) groups is 1. The Bertz CT molecular complexity index is 589. The summed E-state index contributed by atoms with van der Waals surface area (Å²) in [5.74, 6) is 0.901. The van der Waals surface area contributed by atoms with Crippen LogP contribution in [0.1, 0.15) is 51.9 Å². The van der Waals surface area contributed by atoms with Gasteiger partial charge in [0.25, 0.3) is 0 Å². The minimum atomic E-state index is 0.361. The van der Waals surface area contributed by atoms with Crippen molar-refractivity contribution in [1.82, 2.24) is 0 Å². The summed E-state index contributed by atoms with van der Waals surface area (Å²) in [5.41, 5.74) is 0. The zero-order valence-corrected chi connectivity index (χ0v) is 18.6. The molecule has 0 bridgehead atoms. The lowest BCUT2D eigenvalue weighted by Gasteiger charge is -2.16. The molecule has 0 aliphatic heterocycles. The van der Waals surface area contributed by atoms with Crippen molar-refractivity contribution < 1.29 is 4.79 Å². The van der Waals surface area contributed by atoms with Gasteiger partial charge in [0, 0.05) is 22.0 Å². The fourth-order valence-corrected chi connectivity index (χ4v) is 6.39. The number of rotatable bonds is 13. The summed E-state index contributed by atoms with van der Waals surface area (Å²) in [5, 5.41) is 0.361. The average Bonchev–Trinajstić information content (AvgIpc) is 2.69. The van der Waals surface area contributed by atoms with E-state index in [4.69, 9.17) is 0 Å². The fraction of sp³-hybridized carbons (Fsp3) is 0.435. The first-order valence-corrected chi connectivity index (χ1v) is 12.6. The standard InChI is InChI=1S/C23H30OS3/c1-2-3-4-5-12-17-22(24)25-19-18-23(26-20-13-8-6-9-14-20)27-21-15-10-7-11-16-21/h6-11,13-16,23H,2-5,12,17-19H2,1H3. The Morgan fingerprint density at radius 1 is 0.815 bits per heavy atom. The quantitative estimate of drug-likeness (QED) is 0.187. The zero-order valence-electron chi connectivity index (χ0n) is 16.1. The van der Waals surface area contributed by atoms with E-state index >= 15 is 0 Å². The van der Waals surface area contributed by atoms with E-state index in [9.17, 15) is 4.79 Å².